The Morgan fingerprint density at radius 3 is 2.59 bits per heavy atom. The number of carbonyl (C=O) groups excluding carboxylic acids is 2. The molecule has 0 aliphatic carbocycles. The summed E-state index contributed by atoms with van der Waals surface area (Å²) < 4.78 is 0.799. The number of hydrogen-bond acceptors (Lipinski definition) is 5. The van der Waals surface area contributed by atoms with Crippen LogP contribution < -0.4 is 5.32 Å². The first-order chi connectivity index (χ1) is 13.0. The van der Waals surface area contributed by atoms with Crippen LogP contribution >= 0.6 is 23.1 Å². The summed E-state index contributed by atoms with van der Waals surface area (Å²) in [4.78, 5) is 28.8. The Labute approximate surface area is 167 Å². The number of anilines is 1. The molecule has 0 saturated carbocycles. The molecule has 2 aromatic carbocycles. The molecule has 0 aliphatic rings. The first kappa shape index (κ1) is 19.3. The number of ketones is 1. The number of amides is 1. The van der Waals surface area contributed by atoms with Crippen molar-refractivity contribution in [2.75, 3.05) is 11.1 Å². The molecule has 0 spiro atoms. The minimum absolute atomic E-state index is 0.0739. The summed E-state index contributed by atoms with van der Waals surface area (Å²) in [5.74, 6) is 0.316. The molecule has 27 heavy (non-hydrogen) atoms. The van der Waals surface area contributed by atoms with Gasteiger partial charge in [0.1, 0.15) is 0 Å². The standard InChI is InChI=1S/C21H20N2O2S2/c1-14-8-9-17(10-15(14)2)22-20(25)11-18-12-26-21(23-18)27-13-19(24)16-6-4-3-5-7-16/h3-10,12H,11,13H2,1-2H3,(H,22,25). The number of thiazole rings is 1. The highest BCUT2D eigenvalue weighted by Gasteiger charge is 2.11. The van der Waals surface area contributed by atoms with Crippen LogP contribution in [-0.4, -0.2) is 22.4 Å². The molecule has 138 valence electrons. The summed E-state index contributed by atoms with van der Waals surface area (Å²) in [5.41, 5.74) is 4.55. The summed E-state index contributed by atoms with van der Waals surface area (Å²) in [6.45, 7) is 4.06. The normalized spacial score (nSPS) is 10.6. The van der Waals surface area contributed by atoms with Gasteiger partial charge in [0.15, 0.2) is 10.1 Å². The second-order valence-electron chi connectivity index (χ2n) is 6.21. The van der Waals surface area contributed by atoms with Crippen molar-refractivity contribution in [2.45, 2.75) is 24.6 Å². The number of thioether (sulfide) groups is 1. The van der Waals surface area contributed by atoms with E-state index in [-0.39, 0.29) is 18.1 Å². The van der Waals surface area contributed by atoms with Crippen molar-refractivity contribution >= 4 is 40.5 Å². The van der Waals surface area contributed by atoms with Gasteiger partial charge in [-0.25, -0.2) is 4.98 Å². The number of benzene rings is 2. The summed E-state index contributed by atoms with van der Waals surface area (Å²) in [6, 6.07) is 15.1. The highest BCUT2D eigenvalue weighted by Crippen LogP contribution is 2.24. The number of hydrogen-bond donors (Lipinski definition) is 1. The summed E-state index contributed by atoms with van der Waals surface area (Å²) in [5, 5.41) is 4.77. The van der Waals surface area contributed by atoms with Crippen molar-refractivity contribution in [3.05, 3.63) is 76.3 Å². The van der Waals surface area contributed by atoms with Crippen molar-refractivity contribution in [3.8, 4) is 0 Å². The molecule has 0 radical (unpaired) electrons. The smallest absolute Gasteiger partial charge is 0.230 e. The lowest BCUT2D eigenvalue weighted by molar-refractivity contribution is -0.115. The second-order valence-corrected chi connectivity index (χ2v) is 8.29. The lowest BCUT2D eigenvalue weighted by Crippen LogP contribution is -2.14. The van der Waals surface area contributed by atoms with Crippen molar-refractivity contribution < 1.29 is 9.59 Å². The van der Waals surface area contributed by atoms with Gasteiger partial charge in [0.2, 0.25) is 5.91 Å². The number of Topliss-reactive ketones (excluding diaryl/α,β-unsaturated/α-hetero) is 1. The van der Waals surface area contributed by atoms with Crippen LogP contribution in [-0.2, 0) is 11.2 Å². The van der Waals surface area contributed by atoms with Crippen LogP contribution in [0.25, 0.3) is 0 Å². The predicted octanol–water partition coefficient (Wildman–Crippen LogP) is 4.92. The molecule has 1 heterocycles. The molecule has 3 rings (SSSR count). The van der Waals surface area contributed by atoms with Gasteiger partial charge in [-0.3, -0.25) is 9.59 Å². The molecule has 1 N–H and O–H groups in total. The van der Waals surface area contributed by atoms with E-state index in [9.17, 15) is 9.59 Å². The zero-order valence-electron chi connectivity index (χ0n) is 15.2. The van der Waals surface area contributed by atoms with E-state index in [1.165, 1.54) is 28.7 Å². The molecule has 0 fully saturated rings. The lowest BCUT2D eigenvalue weighted by atomic mass is 10.1. The van der Waals surface area contributed by atoms with Crippen molar-refractivity contribution in [1.82, 2.24) is 4.98 Å². The van der Waals surface area contributed by atoms with E-state index in [1.54, 1.807) is 0 Å². The quantitative estimate of drug-likeness (QED) is 0.455. The van der Waals surface area contributed by atoms with E-state index in [0.29, 0.717) is 11.3 Å². The minimum atomic E-state index is -0.0968. The Morgan fingerprint density at radius 1 is 1.07 bits per heavy atom. The first-order valence-electron chi connectivity index (χ1n) is 8.54. The van der Waals surface area contributed by atoms with E-state index in [1.807, 2.05) is 67.8 Å². The van der Waals surface area contributed by atoms with E-state index in [4.69, 9.17) is 0 Å². The molecule has 0 saturated heterocycles. The number of carbonyl (C=O) groups is 2. The van der Waals surface area contributed by atoms with Gasteiger partial charge >= 0.3 is 0 Å². The van der Waals surface area contributed by atoms with Gasteiger partial charge in [0.25, 0.3) is 0 Å². The molecule has 1 aromatic heterocycles. The van der Waals surface area contributed by atoms with Gasteiger partial charge < -0.3 is 5.32 Å². The maximum Gasteiger partial charge on any atom is 0.230 e. The van der Waals surface area contributed by atoms with Crippen molar-refractivity contribution in [3.63, 3.8) is 0 Å². The Balaban J connectivity index is 1.52. The first-order valence-corrected chi connectivity index (χ1v) is 10.4. The van der Waals surface area contributed by atoms with Crippen LogP contribution in [0.3, 0.4) is 0 Å². The summed E-state index contributed by atoms with van der Waals surface area (Å²) in [6.07, 6.45) is 0.219. The second kappa shape index (κ2) is 8.97. The number of nitrogens with one attached hydrogen (secondary N) is 1. The molecule has 0 aliphatic heterocycles. The van der Waals surface area contributed by atoms with Gasteiger partial charge in [0.05, 0.1) is 17.9 Å². The van der Waals surface area contributed by atoms with E-state index >= 15 is 0 Å². The summed E-state index contributed by atoms with van der Waals surface area (Å²) in [7, 11) is 0. The minimum Gasteiger partial charge on any atom is -0.326 e. The molecule has 0 bridgehead atoms. The number of rotatable bonds is 7. The van der Waals surface area contributed by atoms with Gasteiger partial charge in [-0.2, -0.15) is 0 Å². The highest BCUT2D eigenvalue weighted by atomic mass is 32.2. The topological polar surface area (TPSA) is 59.1 Å². The van der Waals surface area contributed by atoms with Gasteiger partial charge in [-0.1, -0.05) is 48.2 Å². The van der Waals surface area contributed by atoms with Gasteiger partial charge in [-0.05, 0) is 37.1 Å². The fraction of sp³-hybridized carbons (Fsp3) is 0.190. The third-order valence-electron chi connectivity index (χ3n) is 4.09. The molecule has 4 nitrogen and oxygen atoms in total. The number of aryl methyl sites for hydroxylation is 2. The highest BCUT2D eigenvalue weighted by molar-refractivity contribution is 8.01. The van der Waals surface area contributed by atoms with Crippen LogP contribution in [0.15, 0.2) is 58.3 Å². The molecule has 1 amide bonds. The Bertz CT molecular complexity index is 952. The van der Waals surface area contributed by atoms with Crippen LogP contribution in [0.2, 0.25) is 0 Å². The molecular formula is C21H20N2O2S2. The van der Waals surface area contributed by atoms with E-state index in [0.717, 1.165) is 21.3 Å². The van der Waals surface area contributed by atoms with Crippen LogP contribution in [0.4, 0.5) is 5.69 Å². The maximum absolute atomic E-state index is 12.2. The fourth-order valence-electron chi connectivity index (χ4n) is 2.46. The SMILES string of the molecule is Cc1ccc(NC(=O)Cc2csc(SCC(=O)c3ccccc3)n2)cc1C. The molecule has 0 atom stereocenters. The number of nitrogens with zero attached hydrogens (tertiary/aromatic N) is 1. The maximum atomic E-state index is 12.2. The fourth-order valence-corrected chi connectivity index (χ4v) is 4.20. The molecular weight excluding hydrogens is 376 g/mol. The van der Waals surface area contributed by atoms with E-state index < -0.39 is 0 Å². The Kier molecular flexibility index (Phi) is 6.42. The molecule has 3 aromatic rings. The third kappa shape index (κ3) is 5.52. The Hall–Kier alpha value is -2.44. The average molecular weight is 397 g/mol. The zero-order valence-corrected chi connectivity index (χ0v) is 16.8. The van der Waals surface area contributed by atoms with Crippen LogP contribution in [0, 0.1) is 13.8 Å². The van der Waals surface area contributed by atoms with Crippen molar-refractivity contribution in [1.29, 1.82) is 0 Å². The van der Waals surface area contributed by atoms with Crippen molar-refractivity contribution in [2.24, 2.45) is 0 Å². The van der Waals surface area contributed by atoms with Gasteiger partial charge in [-0.15, -0.1) is 11.3 Å². The predicted molar refractivity (Wildman–Crippen MR) is 112 cm³/mol. The zero-order chi connectivity index (χ0) is 19.2. The van der Waals surface area contributed by atoms with Crippen LogP contribution in [0.1, 0.15) is 27.2 Å². The largest absolute Gasteiger partial charge is 0.326 e. The summed E-state index contributed by atoms with van der Waals surface area (Å²) >= 11 is 2.86. The average Bonchev–Trinajstić information content (AvgIpc) is 3.10. The molecule has 6 heteroatoms. The van der Waals surface area contributed by atoms with E-state index in [2.05, 4.69) is 10.3 Å². The molecule has 0 unspecified atom stereocenters. The van der Waals surface area contributed by atoms with Crippen LogP contribution in [0.5, 0.6) is 0 Å². The van der Waals surface area contributed by atoms with Gasteiger partial charge in [0, 0.05) is 16.6 Å². The lowest BCUT2D eigenvalue weighted by Gasteiger charge is -2.06. The third-order valence-corrected chi connectivity index (χ3v) is 6.16. The Morgan fingerprint density at radius 2 is 1.85 bits per heavy atom. The number of aromatic nitrogens is 1. The monoisotopic (exact) mass is 396 g/mol.